The van der Waals surface area contributed by atoms with Crippen molar-refractivity contribution >= 4 is 23.5 Å². The zero-order valence-electron chi connectivity index (χ0n) is 14.4. The van der Waals surface area contributed by atoms with Gasteiger partial charge in [0.1, 0.15) is 0 Å². The molecule has 2 amide bonds. The molecule has 28 heavy (non-hydrogen) atoms. The van der Waals surface area contributed by atoms with E-state index in [1.807, 2.05) is 10.9 Å². The number of hydrazine groups is 1. The lowest BCUT2D eigenvalue weighted by molar-refractivity contribution is -0.384. The first-order valence-electron chi connectivity index (χ1n) is 7.66. The number of halogens is 1. The van der Waals surface area contributed by atoms with E-state index in [9.17, 15) is 28.9 Å². The Labute approximate surface area is 157 Å². The summed E-state index contributed by atoms with van der Waals surface area (Å²) in [6, 6.07) is 8.36. The molecular formula is C17H14FN3O7. The van der Waals surface area contributed by atoms with Crippen molar-refractivity contribution in [2.75, 3.05) is 13.7 Å². The summed E-state index contributed by atoms with van der Waals surface area (Å²) >= 11 is 0. The average molecular weight is 391 g/mol. The minimum atomic E-state index is -0.923. The van der Waals surface area contributed by atoms with Gasteiger partial charge in [-0.15, -0.1) is 0 Å². The van der Waals surface area contributed by atoms with E-state index in [4.69, 9.17) is 4.74 Å². The number of hydrogen-bond acceptors (Lipinski definition) is 7. The molecule has 2 aromatic rings. The highest BCUT2D eigenvalue weighted by molar-refractivity contribution is 5.99. The Morgan fingerprint density at radius 2 is 1.79 bits per heavy atom. The second-order valence-corrected chi connectivity index (χ2v) is 5.24. The molecule has 0 spiro atoms. The predicted octanol–water partition coefficient (Wildman–Crippen LogP) is 1.36. The Hall–Kier alpha value is -4.02. The number of para-hydroxylation sites is 1. The number of nitrogens with zero attached hydrogens (tertiary/aromatic N) is 1. The molecule has 11 heteroatoms. The lowest BCUT2D eigenvalue weighted by Gasteiger charge is -2.10. The molecule has 0 aromatic heterocycles. The predicted molar refractivity (Wildman–Crippen MR) is 91.9 cm³/mol. The van der Waals surface area contributed by atoms with Crippen LogP contribution in [0.15, 0.2) is 42.5 Å². The summed E-state index contributed by atoms with van der Waals surface area (Å²) in [5, 5.41) is 11.0. The fraction of sp³-hybridized carbons (Fsp3) is 0.118. The number of methoxy groups -OCH3 is 1. The first-order valence-corrected chi connectivity index (χ1v) is 7.66. The molecule has 0 aliphatic heterocycles. The summed E-state index contributed by atoms with van der Waals surface area (Å²) in [7, 11) is 1.08. The van der Waals surface area contributed by atoms with E-state index in [0.717, 1.165) is 31.4 Å². The van der Waals surface area contributed by atoms with Gasteiger partial charge in [0.05, 0.1) is 17.6 Å². The molecule has 0 bridgehead atoms. The second kappa shape index (κ2) is 9.07. The first-order chi connectivity index (χ1) is 13.3. The van der Waals surface area contributed by atoms with Gasteiger partial charge < -0.3 is 9.47 Å². The van der Waals surface area contributed by atoms with Crippen LogP contribution in [0.3, 0.4) is 0 Å². The van der Waals surface area contributed by atoms with Crippen molar-refractivity contribution < 1.29 is 33.2 Å². The molecular weight excluding hydrogens is 377 g/mol. The van der Waals surface area contributed by atoms with Gasteiger partial charge in [0.25, 0.3) is 17.5 Å². The number of ether oxygens (including phenoxy) is 2. The Morgan fingerprint density at radius 1 is 1.11 bits per heavy atom. The summed E-state index contributed by atoms with van der Waals surface area (Å²) in [5.41, 5.74) is 3.04. The van der Waals surface area contributed by atoms with Gasteiger partial charge in [0.2, 0.25) is 0 Å². The third-order valence-corrected chi connectivity index (χ3v) is 3.32. The number of esters is 1. The van der Waals surface area contributed by atoms with Crippen LogP contribution in [-0.4, -0.2) is 36.4 Å². The van der Waals surface area contributed by atoms with E-state index in [-0.39, 0.29) is 16.9 Å². The van der Waals surface area contributed by atoms with Crippen LogP contribution in [0.4, 0.5) is 10.1 Å². The SMILES string of the molecule is COC(=O)c1cc(C(=O)NNC(=O)COc2ccccc2F)cc([N+](=O)[O-])c1. The van der Waals surface area contributed by atoms with Gasteiger partial charge in [-0.1, -0.05) is 12.1 Å². The van der Waals surface area contributed by atoms with Gasteiger partial charge >= 0.3 is 5.97 Å². The first kappa shape index (κ1) is 20.3. The number of nitro groups is 1. The van der Waals surface area contributed by atoms with Gasteiger partial charge in [-0.25, -0.2) is 9.18 Å². The van der Waals surface area contributed by atoms with Crippen molar-refractivity contribution in [2.45, 2.75) is 0 Å². The third kappa shape index (κ3) is 5.24. The summed E-state index contributed by atoms with van der Waals surface area (Å²) in [4.78, 5) is 45.6. The van der Waals surface area contributed by atoms with Crippen molar-refractivity contribution in [3.63, 3.8) is 0 Å². The van der Waals surface area contributed by atoms with Crippen LogP contribution in [-0.2, 0) is 9.53 Å². The fourth-order valence-electron chi connectivity index (χ4n) is 2.02. The Morgan fingerprint density at radius 3 is 2.43 bits per heavy atom. The third-order valence-electron chi connectivity index (χ3n) is 3.32. The molecule has 0 heterocycles. The van der Waals surface area contributed by atoms with Gasteiger partial charge in [-0.2, -0.15) is 0 Å². The number of nitro benzene ring substituents is 1. The van der Waals surface area contributed by atoms with E-state index in [2.05, 4.69) is 4.74 Å². The quantitative estimate of drug-likeness (QED) is 0.431. The largest absolute Gasteiger partial charge is 0.481 e. The molecule has 0 saturated heterocycles. The van der Waals surface area contributed by atoms with Crippen LogP contribution in [0.2, 0.25) is 0 Å². The lowest BCUT2D eigenvalue weighted by atomic mass is 10.1. The van der Waals surface area contributed by atoms with Crippen LogP contribution in [0.25, 0.3) is 0 Å². The van der Waals surface area contributed by atoms with E-state index < -0.39 is 40.8 Å². The smallest absolute Gasteiger partial charge is 0.338 e. The van der Waals surface area contributed by atoms with Crippen molar-refractivity contribution in [2.24, 2.45) is 0 Å². The number of hydrogen-bond donors (Lipinski definition) is 2. The van der Waals surface area contributed by atoms with E-state index in [1.54, 1.807) is 0 Å². The van der Waals surface area contributed by atoms with E-state index >= 15 is 0 Å². The number of amides is 2. The van der Waals surface area contributed by atoms with Crippen molar-refractivity contribution in [3.05, 3.63) is 69.5 Å². The molecule has 0 aliphatic carbocycles. The molecule has 10 nitrogen and oxygen atoms in total. The van der Waals surface area contributed by atoms with Crippen molar-refractivity contribution in [3.8, 4) is 5.75 Å². The van der Waals surface area contributed by atoms with Crippen LogP contribution in [0.1, 0.15) is 20.7 Å². The Balaban J connectivity index is 2.01. The van der Waals surface area contributed by atoms with Crippen molar-refractivity contribution in [1.29, 1.82) is 0 Å². The van der Waals surface area contributed by atoms with Crippen LogP contribution < -0.4 is 15.6 Å². The zero-order valence-corrected chi connectivity index (χ0v) is 14.4. The molecule has 0 radical (unpaired) electrons. The number of nitrogens with one attached hydrogen (secondary N) is 2. The summed E-state index contributed by atoms with van der Waals surface area (Å²) in [6.45, 7) is -0.594. The van der Waals surface area contributed by atoms with Crippen LogP contribution >= 0.6 is 0 Å². The summed E-state index contributed by atoms with van der Waals surface area (Å²) in [6.07, 6.45) is 0. The fourth-order valence-corrected chi connectivity index (χ4v) is 2.02. The summed E-state index contributed by atoms with van der Waals surface area (Å²) in [5.74, 6) is -3.42. The zero-order chi connectivity index (χ0) is 20.7. The maximum atomic E-state index is 13.4. The minimum Gasteiger partial charge on any atom is -0.481 e. The average Bonchev–Trinajstić information content (AvgIpc) is 2.70. The molecule has 0 saturated carbocycles. The van der Waals surface area contributed by atoms with Crippen molar-refractivity contribution in [1.82, 2.24) is 10.9 Å². The monoisotopic (exact) mass is 391 g/mol. The van der Waals surface area contributed by atoms with Crippen LogP contribution in [0.5, 0.6) is 5.75 Å². The lowest BCUT2D eigenvalue weighted by Crippen LogP contribution is -2.43. The Bertz CT molecular complexity index is 933. The summed E-state index contributed by atoms with van der Waals surface area (Å²) < 4.78 is 22.8. The van der Waals surface area contributed by atoms with Gasteiger partial charge in [-0.05, 0) is 18.2 Å². The van der Waals surface area contributed by atoms with Gasteiger partial charge in [0, 0.05) is 17.7 Å². The number of carbonyl (C=O) groups is 3. The van der Waals surface area contributed by atoms with Gasteiger partial charge in [-0.3, -0.25) is 30.6 Å². The highest BCUT2D eigenvalue weighted by Gasteiger charge is 2.19. The normalized spacial score (nSPS) is 9.93. The molecule has 0 aliphatic rings. The number of benzene rings is 2. The second-order valence-electron chi connectivity index (χ2n) is 5.24. The number of non-ortho nitro benzene ring substituents is 1. The van der Waals surface area contributed by atoms with Gasteiger partial charge in [0.15, 0.2) is 18.2 Å². The molecule has 146 valence electrons. The standard InChI is InChI=1S/C17H14FN3O7/c1-27-17(24)11-6-10(7-12(8-11)21(25)26)16(23)20-19-15(22)9-28-14-5-3-2-4-13(14)18/h2-8H,9H2,1H3,(H,19,22)(H,20,23). The topological polar surface area (TPSA) is 137 Å². The maximum Gasteiger partial charge on any atom is 0.338 e. The molecule has 2 N–H and O–H groups in total. The minimum absolute atomic E-state index is 0.148. The van der Waals surface area contributed by atoms with Crippen LogP contribution in [0, 0.1) is 15.9 Å². The molecule has 0 fully saturated rings. The maximum absolute atomic E-state index is 13.4. The number of rotatable bonds is 6. The molecule has 2 rings (SSSR count). The van der Waals surface area contributed by atoms with E-state index in [1.165, 1.54) is 18.2 Å². The van der Waals surface area contributed by atoms with E-state index in [0.29, 0.717) is 0 Å². The highest BCUT2D eigenvalue weighted by atomic mass is 19.1. The highest BCUT2D eigenvalue weighted by Crippen LogP contribution is 2.18. The number of carbonyl (C=O) groups excluding carboxylic acids is 3. The molecule has 0 atom stereocenters. The molecule has 2 aromatic carbocycles. The molecule has 0 unspecified atom stereocenters. The Kier molecular flexibility index (Phi) is 6.58.